The van der Waals surface area contributed by atoms with Crippen LogP contribution in [0.25, 0.3) is 0 Å². The highest BCUT2D eigenvalue weighted by atomic mass is 15.1. The van der Waals surface area contributed by atoms with Crippen molar-refractivity contribution in [2.24, 2.45) is 5.92 Å². The fourth-order valence-electron chi connectivity index (χ4n) is 2.79. The van der Waals surface area contributed by atoms with Gasteiger partial charge in [0.15, 0.2) is 0 Å². The largest absolute Gasteiger partial charge is 0.317 e. The molecule has 0 spiro atoms. The summed E-state index contributed by atoms with van der Waals surface area (Å²) in [6, 6.07) is 0. The van der Waals surface area contributed by atoms with Crippen molar-refractivity contribution in [3.05, 3.63) is 0 Å². The van der Waals surface area contributed by atoms with Crippen molar-refractivity contribution in [2.45, 2.75) is 58.8 Å². The van der Waals surface area contributed by atoms with E-state index in [1.54, 1.807) is 0 Å². The van der Waals surface area contributed by atoms with E-state index >= 15 is 0 Å². The van der Waals surface area contributed by atoms with Crippen LogP contribution in [0, 0.1) is 5.92 Å². The molecule has 1 heterocycles. The highest BCUT2D eigenvalue weighted by Crippen LogP contribution is 2.21. The Hall–Kier alpha value is -0.0800. The average molecular weight is 240 g/mol. The van der Waals surface area contributed by atoms with Crippen LogP contribution in [0.5, 0.6) is 0 Å². The summed E-state index contributed by atoms with van der Waals surface area (Å²) in [6.07, 6.45) is 9.68. The Morgan fingerprint density at radius 1 is 1.00 bits per heavy atom. The molecule has 0 aromatic rings. The minimum atomic E-state index is 1.03. The van der Waals surface area contributed by atoms with Crippen LogP contribution in [-0.2, 0) is 0 Å². The Morgan fingerprint density at radius 2 is 1.76 bits per heavy atom. The molecule has 0 atom stereocenters. The zero-order valence-corrected chi connectivity index (χ0v) is 12.0. The molecule has 1 saturated heterocycles. The quantitative estimate of drug-likeness (QED) is 0.622. The Balaban J connectivity index is 1.91. The monoisotopic (exact) mass is 240 g/mol. The van der Waals surface area contributed by atoms with Gasteiger partial charge in [-0.25, -0.2) is 0 Å². The molecule has 2 heteroatoms. The number of unbranched alkanes of at least 4 members (excludes halogenated alkanes) is 1. The smallest absolute Gasteiger partial charge is 0.00161 e. The first-order valence-electron chi connectivity index (χ1n) is 7.79. The molecule has 0 bridgehead atoms. The fraction of sp³-hybridized carbons (Fsp3) is 1.00. The van der Waals surface area contributed by atoms with Gasteiger partial charge in [0.2, 0.25) is 0 Å². The van der Waals surface area contributed by atoms with Gasteiger partial charge in [-0.1, -0.05) is 26.7 Å². The second kappa shape index (κ2) is 9.90. The summed E-state index contributed by atoms with van der Waals surface area (Å²) in [5.74, 6) is 1.03. The Bertz CT molecular complexity index is 162. The lowest BCUT2D eigenvalue weighted by atomic mass is 9.92. The predicted octanol–water partition coefficient (Wildman–Crippen LogP) is 3.28. The van der Waals surface area contributed by atoms with Gasteiger partial charge in [0.1, 0.15) is 0 Å². The number of hydrogen-bond acceptors (Lipinski definition) is 2. The summed E-state index contributed by atoms with van der Waals surface area (Å²) in [6.45, 7) is 11.0. The van der Waals surface area contributed by atoms with Gasteiger partial charge in [-0.05, 0) is 70.7 Å². The lowest BCUT2D eigenvalue weighted by molar-refractivity contribution is 0.176. The molecule has 0 aromatic carbocycles. The SMILES string of the molecule is CCCNCCCCN1CCC(CCC)CC1. The minimum Gasteiger partial charge on any atom is -0.317 e. The van der Waals surface area contributed by atoms with Crippen molar-refractivity contribution in [1.82, 2.24) is 10.2 Å². The van der Waals surface area contributed by atoms with Crippen LogP contribution in [0.4, 0.5) is 0 Å². The molecule has 102 valence electrons. The zero-order chi connectivity index (χ0) is 12.3. The standard InChI is InChI=1S/C15H32N2/c1-3-7-15-8-13-17(14-9-15)12-6-5-11-16-10-4-2/h15-16H,3-14H2,1-2H3. The van der Waals surface area contributed by atoms with Crippen molar-refractivity contribution in [1.29, 1.82) is 0 Å². The molecule has 0 unspecified atom stereocenters. The fourth-order valence-corrected chi connectivity index (χ4v) is 2.79. The van der Waals surface area contributed by atoms with Gasteiger partial charge in [-0.15, -0.1) is 0 Å². The van der Waals surface area contributed by atoms with Crippen molar-refractivity contribution < 1.29 is 0 Å². The predicted molar refractivity (Wildman–Crippen MR) is 76.5 cm³/mol. The van der Waals surface area contributed by atoms with E-state index in [2.05, 4.69) is 24.1 Å². The van der Waals surface area contributed by atoms with Gasteiger partial charge in [-0.2, -0.15) is 0 Å². The normalized spacial score (nSPS) is 18.7. The van der Waals surface area contributed by atoms with Crippen LogP contribution in [0.2, 0.25) is 0 Å². The van der Waals surface area contributed by atoms with E-state index in [1.807, 2.05) is 0 Å². The molecule has 1 N–H and O–H groups in total. The number of nitrogens with zero attached hydrogens (tertiary/aromatic N) is 1. The van der Waals surface area contributed by atoms with Crippen LogP contribution >= 0.6 is 0 Å². The molecule has 1 aliphatic rings. The highest BCUT2D eigenvalue weighted by molar-refractivity contribution is 4.71. The van der Waals surface area contributed by atoms with Gasteiger partial charge >= 0.3 is 0 Å². The third-order valence-electron chi connectivity index (χ3n) is 3.91. The first kappa shape index (κ1) is 15.0. The molecule has 0 aliphatic carbocycles. The van der Waals surface area contributed by atoms with E-state index in [9.17, 15) is 0 Å². The minimum absolute atomic E-state index is 1.03. The van der Waals surface area contributed by atoms with Crippen LogP contribution in [0.1, 0.15) is 58.8 Å². The summed E-state index contributed by atoms with van der Waals surface area (Å²) in [5.41, 5.74) is 0. The number of nitrogens with one attached hydrogen (secondary N) is 1. The first-order valence-corrected chi connectivity index (χ1v) is 7.79. The zero-order valence-electron chi connectivity index (χ0n) is 12.0. The van der Waals surface area contributed by atoms with E-state index in [0.29, 0.717) is 0 Å². The molecular formula is C15H32N2. The third kappa shape index (κ3) is 7.05. The number of piperidine rings is 1. The molecule has 0 radical (unpaired) electrons. The molecule has 2 nitrogen and oxygen atoms in total. The number of hydrogen-bond donors (Lipinski definition) is 1. The van der Waals surface area contributed by atoms with Crippen LogP contribution < -0.4 is 5.32 Å². The summed E-state index contributed by atoms with van der Waals surface area (Å²) in [7, 11) is 0. The summed E-state index contributed by atoms with van der Waals surface area (Å²) in [5, 5.41) is 3.48. The van der Waals surface area contributed by atoms with E-state index in [1.165, 1.54) is 77.7 Å². The van der Waals surface area contributed by atoms with Crippen LogP contribution in [0.3, 0.4) is 0 Å². The summed E-state index contributed by atoms with van der Waals surface area (Å²) >= 11 is 0. The van der Waals surface area contributed by atoms with Crippen molar-refractivity contribution >= 4 is 0 Å². The summed E-state index contributed by atoms with van der Waals surface area (Å²) < 4.78 is 0. The average Bonchev–Trinajstić information content (AvgIpc) is 2.36. The topological polar surface area (TPSA) is 15.3 Å². The van der Waals surface area contributed by atoms with Gasteiger partial charge < -0.3 is 10.2 Å². The molecule has 17 heavy (non-hydrogen) atoms. The number of rotatable bonds is 9. The van der Waals surface area contributed by atoms with Gasteiger partial charge in [0.05, 0.1) is 0 Å². The molecular weight excluding hydrogens is 208 g/mol. The van der Waals surface area contributed by atoms with E-state index < -0.39 is 0 Å². The first-order chi connectivity index (χ1) is 8.36. The van der Waals surface area contributed by atoms with Crippen molar-refractivity contribution in [2.75, 3.05) is 32.7 Å². The Labute approximate surface area is 108 Å². The third-order valence-corrected chi connectivity index (χ3v) is 3.91. The van der Waals surface area contributed by atoms with Crippen molar-refractivity contribution in [3.8, 4) is 0 Å². The van der Waals surface area contributed by atoms with Crippen LogP contribution in [0.15, 0.2) is 0 Å². The maximum atomic E-state index is 3.48. The van der Waals surface area contributed by atoms with Crippen molar-refractivity contribution in [3.63, 3.8) is 0 Å². The second-order valence-electron chi connectivity index (χ2n) is 5.53. The molecule has 0 amide bonds. The molecule has 0 aromatic heterocycles. The van der Waals surface area contributed by atoms with E-state index in [-0.39, 0.29) is 0 Å². The Morgan fingerprint density at radius 3 is 2.41 bits per heavy atom. The lowest BCUT2D eigenvalue weighted by Crippen LogP contribution is -2.34. The molecule has 1 fully saturated rings. The van der Waals surface area contributed by atoms with Gasteiger partial charge in [-0.3, -0.25) is 0 Å². The maximum absolute atomic E-state index is 3.48. The summed E-state index contributed by atoms with van der Waals surface area (Å²) in [4.78, 5) is 2.67. The van der Waals surface area contributed by atoms with Crippen LogP contribution in [-0.4, -0.2) is 37.6 Å². The highest BCUT2D eigenvalue weighted by Gasteiger charge is 2.17. The maximum Gasteiger partial charge on any atom is -0.00161 e. The molecule has 0 saturated carbocycles. The lowest BCUT2D eigenvalue weighted by Gasteiger charge is -2.31. The molecule has 1 aliphatic heterocycles. The number of likely N-dealkylation sites (tertiary alicyclic amines) is 1. The second-order valence-corrected chi connectivity index (χ2v) is 5.53. The van der Waals surface area contributed by atoms with E-state index in [4.69, 9.17) is 0 Å². The van der Waals surface area contributed by atoms with Gasteiger partial charge in [0, 0.05) is 0 Å². The van der Waals surface area contributed by atoms with E-state index in [0.717, 1.165) is 5.92 Å². The Kier molecular flexibility index (Phi) is 8.72. The van der Waals surface area contributed by atoms with Gasteiger partial charge in [0.25, 0.3) is 0 Å². The molecule has 1 rings (SSSR count).